The Balaban J connectivity index is 2.14. The summed E-state index contributed by atoms with van der Waals surface area (Å²) in [6.45, 7) is 0.415. The van der Waals surface area contributed by atoms with Crippen LogP contribution in [0, 0.1) is 0 Å². The zero-order valence-electron chi connectivity index (χ0n) is 18.0. The van der Waals surface area contributed by atoms with Crippen molar-refractivity contribution in [2.24, 2.45) is 0 Å². The van der Waals surface area contributed by atoms with Crippen molar-refractivity contribution in [3.05, 3.63) is 17.7 Å². The van der Waals surface area contributed by atoms with Gasteiger partial charge in [-0.15, -0.1) is 0 Å². The van der Waals surface area contributed by atoms with Crippen LogP contribution in [0.4, 0.5) is 36.4 Å². The number of phenols is 1. The summed E-state index contributed by atoms with van der Waals surface area (Å²) in [5.74, 6) is -7.35. The molecule has 0 spiro atoms. The molecule has 1 atom stereocenters. The van der Waals surface area contributed by atoms with Crippen molar-refractivity contribution in [2.45, 2.75) is 80.4 Å². The lowest BCUT2D eigenvalue weighted by atomic mass is 9.90. The van der Waals surface area contributed by atoms with Crippen LogP contribution in [-0.4, -0.2) is 55.4 Å². The molecule has 13 heteroatoms. The first-order valence-electron chi connectivity index (χ1n) is 10.4. The second-order valence-electron chi connectivity index (χ2n) is 8.86. The van der Waals surface area contributed by atoms with Gasteiger partial charge in [0.2, 0.25) is 21.9 Å². The van der Waals surface area contributed by atoms with Gasteiger partial charge in [0.05, 0.1) is 11.3 Å². The molecule has 1 heterocycles. The smallest absolute Gasteiger partial charge is 0.420 e. The van der Waals surface area contributed by atoms with E-state index in [2.05, 4.69) is 0 Å². The molecule has 188 valence electrons. The Morgan fingerprint density at radius 3 is 2.21 bits per heavy atom. The van der Waals surface area contributed by atoms with Gasteiger partial charge in [-0.2, -0.15) is 17.5 Å². The van der Waals surface area contributed by atoms with Crippen molar-refractivity contribution in [3.8, 4) is 5.75 Å². The number of halogens is 7. The number of hydrogen-bond donors (Lipinski definition) is 1. The van der Waals surface area contributed by atoms with Crippen LogP contribution >= 0.6 is 0 Å². The van der Waals surface area contributed by atoms with Gasteiger partial charge in [-0.1, -0.05) is 0 Å². The number of nitrogens with zero attached hydrogens (tertiary/aromatic N) is 2. The molecule has 0 radical (unpaired) electrons. The first-order chi connectivity index (χ1) is 14.9. The van der Waals surface area contributed by atoms with Crippen LogP contribution in [-0.2, 0) is 16.2 Å². The molecular weight excluding hydrogens is 481 g/mol. The van der Waals surface area contributed by atoms with Crippen molar-refractivity contribution in [3.63, 3.8) is 0 Å². The van der Waals surface area contributed by atoms with Crippen molar-refractivity contribution in [1.29, 1.82) is 0 Å². The molecule has 0 aromatic heterocycles. The Morgan fingerprint density at radius 1 is 1.12 bits per heavy atom. The third kappa shape index (κ3) is 5.50. The van der Waals surface area contributed by atoms with Gasteiger partial charge in [0, 0.05) is 51.0 Å². The second-order valence-corrected chi connectivity index (χ2v) is 10.8. The van der Waals surface area contributed by atoms with Gasteiger partial charge in [0.15, 0.2) is 0 Å². The highest BCUT2D eigenvalue weighted by molar-refractivity contribution is 7.89. The Bertz CT molecular complexity index is 983. The minimum absolute atomic E-state index is 0.116. The van der Waals surface area contributed by atoms with Gasteiger partial charge in [-0.25, -0.2) is 26.0 Å². The summed E-state index contributed by atoms with van der Waals surface area (Å²) >= 11 is 0. The Kier molecular flexibility index (Phi) is 6.64. The van der Waals surface area contributed by atoms with E-state index in [1.165, 1.54) is 4.90 Å². The van der Waals surface area contributed by atoms with E-state index < -0.39 is 75.6 Å². The molecule has 1 aliphatic heterocycles. The highest BCUT2D eigenvalue weighted by atomic mass is 32.2. The maximum absolute atomic E-state index is 13.7. The molecule has 0 bridgehead atoms. The molecular formula is C20H25F7N2O3S. The molecule has 5 nitrogen and oxygen atoms in total. The molecule has 3 rings (SSSR count). The van der Waals surface area contributed by atoms with E-state index in [0.29, 0.717) is 19.1 Å². The first-order valence-corrected chi connectivity index (χ1v) is 11.8. The largest absolute Gasteiger partial charge is 0.507 e. The van der Waals surface area contributed by atoms with Crippen molar-refractivity contribution in [1.82, 2.24) is 4.31 Å². The normalized spacial score (nSPS) is 24.4. The van der Waals surface area contributed by atoms with Crippen molar-refractivity contribution >= 4 is 15.7 Å². The average molecular weight is 506 g/mol. The van der Waals surface area contributed by atoms with E-state index in [1.54, 1.807) is 0 Å². The number of hydrogen-bond acceptors (Lipinski definition) is 4. The second kappa shape index (κ2) is 8.47. The number of phenolic OH excluding ortho intramolecular Hbond substituents is 1. The monoisotopic (exact) mass is 506 g/mol. The molecule has 1 fully saturated rings. The minimum atomic E-state index is -5.00. The summed E-state index contributed by atoms with van der Waals surface area (Å²) < 4.78 is 122. The van der Waals surface area contributed by atoms with Crippen LogP contribution < -0.4 is 4.90 Å². The molecule has 1 N–H and O–H groups in total. The summed E-state index contributed by atoms with van der Waals surface area (Å²) in [6.07, 6.45) is -7.28. The van der Waals surface area contributed by atoms with Gasteiger partial charge in [-0.05, 0) is 32.3 Å². The molecule has 0 amide bonds. The lowest BCUT2D eigenvalue weighted by molar-refractivity contribution is -0.138. The highest BCUT2D eigenvalue weighted by Gasteiger charge is 2.45. The third-order valence-electron chi connectivity index (χ3n) is 6.31. The van der Waals surface area contributed by atoms with Crippen LogP contribution in [0.15, 0.2) is 17.0 Å². The Morgan fingerprint density at radius 2 is 1.70 bits per heavy atom. The number of rotatable bonds is 4. The molecule has 1 aliphatic carbocycles. The fraction of sp³-hybridized carbons (Fsp3) is 0.700. The van der Waals surface area contributed by atoms with Crippen molar-refractivity contribution < 1.29 is 44.3 Å². The fourth-order valence-corrected chi connectivity index (χ4v) is 5.96. The summed E-state index contributed by atoms with van der Waals surface area (Å²) in [5.41, 5.74) is -1.85. The number of likely N-dealkylation sites (N-methyl/N-ethyl adjacent to an activating group) is 1. The number of benzene rings is 1. The van der Waals surface area contributed by atoms with E-state index in [0.717, 1.165) is 11.4 Å². The molecule has 1 saturated carbocycles. The summed E-state index contributed by atoms with van der Waals surface area (Å²) in [4.78, 5) is 0.678. The van der Waals surface area contributed by atoms with Gasteiger partial charge in [0.25, 0.3) is 0 Å². The zero-order chi connectivity index (χ0) is 25.0. The van der Waals surface area contributed by atoms with Crippen LogP contribution in [0.5, 0.6) is 5.75 Å². The van der Waals surface area contributed by atoms with Gasteiger partial charge >= 0.3 is 6.18 Å². The number of anilines is 1. The quantitative estimate of drug-likeness (QED) is 0.568. The number of alkyl halides is 7. The predicted molar refractivity (Wildman–Crippen MR) is 106 cm³/mol. The number of sulfonamides is 1. The van der Waals surface area contributed by atoms with Crippen molar-refractivity contribution in [2.75, 3.05) is 18.5 Å². The average Bonchev–Trinajstić information content (AvgIpc) is 2.73. The summed E-state index contributed by atoms with van der Waals surface area (Å²) in [6, 6.07) is -0.780. The van der Waals surface area contributed by atoms with Crippen LogP contribution in [0.3, 0.4) is 0 Å². The molecule has 2 aliphatic rings. The van der Waals surface area contributed by atoms with E-state index in [-0.39, 0.29) is 31.5 Å². The maximum Gasteiger partial charge on any atom is 0.420 e. The lowest BCUT2D eigenvalue weighted by Gasteiger charge is -2.40. The van der Waals surface area contributed by atoms with Crippen LogP contribution in [0.1, 0.15) is 51.0 Å². The maximum atomic E-state index is 13.7. The molecule has 1 aromatic rings. The van der Waals surface area contributed by atoms with Gasteiger partial charge < -0.3 is 10.0 Å². The highest BCUT2D eigenvalue weighted by Crippen LogP contribution is 2.46. The Labute approximate surface area is 187 Å². The minimum Gasteiger partial charge on any atom is -0.507 e. The van der Waals surface area contributed by atoms with E-state index in [4.69, 9.17) is 0 Å². The third-order valence-corrected chi connectivity index (χ3v) is 8.25. The topological polar surface area (TPSA) is 60.9 Å². The van der Waals surface area contributed by atoms with Crippen LogP contribution in [0.2, 0.25) is 0 Å². The Hall–Kier alpha value is -1.76. The van der Waals surface area contributed by atoms with E-state index in [1.807, 2.05) is 0 Å². The van der Waals surface area contributed by atoms with Crippen LogP contribution in [0.25, 0.3) is 0 Å². The molecule has 33 heavy (non-hydrogen) atoms. The molecule has 0 unspecified atom stereocenters. The fourth-order valence-electron chi connectivity index (χ4n) is 4.38. The number of aromatic hydroxyl groups is 1. The van der Waals surface area contributed by atoms with E-state index >= 15 is 0 Å². The number of fused-ring (bicyclic) bond motifs is 1. The molecule has 1 aromatic carbocycles. The zero-order valence-corrected chi connectivity index (χ0v) is 18.8. The van der Waals surface area contributed by atoms with Gasteiger partial charge in [0.1, 0.15) is 10.6 Å². The predicted octanol–water partition coefficient (Wildman–Crippen LogP) is 5.23. The summed E-state index contributed by atoms with van der Waals surface area (Å²) in [5, 5.41) is 9.93. The standard InChI is InChI=1S/C20H25F7N2O3S/c1-18(21,22)6-3-13-11-29(12-4-7-19(23,24)8-5-12)15-9-14(20(25,26)27)16(30)10-17(15)33(31,32)28(13)2/h9-10,12-13,30H,3-8,11H2,1-2H3/t13-/m1/s1. The summed E-state index contributed by atoms with van der Waals surface area (Å²) in [7, 11) is -3.35. The lowest BCUT2D eigenvalue weighted by Crippen LogP contribution is -2.47. The van der Waals surface area contributed by atoms with Gasteiger partial charge in [-0.3, -0.25) is 0 Å². The SMILES string of the molecule is CN1[C@H](CCC(C)(F)F)CN(C2CCC(F)(F)CC2)c2cc(C(F)(F)F)c(O)cc2S1(=O)=O. The molecule has 0 saturated heterocycles. The van der Waals surface area contributed by atoms with E-state index in [9.17, 15) is 44.3 Å². The first kappa shape index (κ1) is 25.9.